The number of rotatable bonds is 5. The van der Waals surface area contributed by atoms with Gasteiger partial charge in [-0.3, -0.25) is 0 Å². The van der Waals surface area contributed by atoms with Crippen LogP contribution in [0.1, 0.15) is 24.5 Å². The van der Waals surface area contributed by atoms with Gasteiger partial charge in [-0.05, 0) is 47.9 Å². The Hall–Kier alpha value is -1.58. The van der Waals surface area contributed by atoms with Crippen molar-refractivity contribution in [3.63, 3.8) is 0 Å². The van der Waals surface area contributed by atoms with Crippen LogP contribution in [0.3, 0.4) is 0 Å². The van der Waals surface area contributed by atoms with Crippen molar-refractivity contribution in [1.82, 2.24) is 0 Å². The van der Waals surface area contributed by atoms with E-state index in [1.165, 1.54) is 12.1 Å². The van der Waals surface area contributed by atoms with Crippen molar-refractivity contribution in [1.29, 1.82) is 0 Å². The first-order valence-electron chi connectivity index (χ1n) is 6.79. The van der Waals surface area contributed by atoms with Crippen LogP contribution in [0.2, 0.25) is 5.02 Å². The Morgan fingerprint density at radius 2 is 2.00 bits per heavy atom. The molecule has 1 atom stereocenters. The molecule has 2 nitrogen and oxygen atoms in total. The van der Waals surface area contributed by atoms with E-state index < -0.39 is 5.60 Å². The largest absolute Gasteiger partial charge is 0.496 e. The van der Waals surface area contributed by atoms with Gasteiger partial charge in [-0.15, -0.1) is 0 Å². The van der Waals surface area contributed by atoms with E-state index in [0.717, 1.165) is 5.56 Å². The van der Waals surface area contributed by atoms with Crippen molar-refractivity contribution in [2.75, 3.05) is 7.11 Å². The van der Waals surface area contributed by atoms with Crippen LogP contribution in [-0.4, -0.2) is 12.2 Å². The second-order valence-corrected chi connectivity index (χ2v) is 5.46. The lowest BCUT2D eigenvalue weighted by molar-refractivity contribution is 0.0319. The lowest BCUT2D eigenvalue weighted by Gasteiger charge is -2.28. The Morgan fingerprint density at radius 1 is 1.24 bits per heavy atom. The summed E-state index contributed by atoms with van der Waals surface area (Å²) in [6, 6.07) is 11.3. The maximum Gasteiger partial charge on any atom is 0.123 e. The molecule has 1 unspecified atom stereocenters. The summed E-state index contributed by atoms with van der Waals surface area (Å²) < 4.78 is 18.7. The number of hydrogen-bond donors (Lipinski definition) is 1. The Bertz CT molecular complexity index is 630. The third-order valence-corrected chi connectivity index (χ3v) is 3.91. The van der Waals surface area contributed by atoms with Gasteiger partial charge in [0.15, 0.2) is 0 Å². The average molecular weight is 309 g/mol. The maximum atomic E-state index is 13.4. The monoisotopic (exact) mass is 308 g/mol. The first-order valence-corrected chi connectivity index (χ1v) is 7.17. The van der Waals surface area contributed by atoms with Gasteiger partial charge in [0.1, 0.15) is 11.6 Å². The molecular formula is C17H18ClFO2. The smallest absolute Gasteiger partial charge is 0.123 e. The summed E-state index contributed by atoms with van der Waals surface area (Å²) in [5, 5.41) is 11.5. The summed E-state index contributed by atoms with van der Waals surface area (Å²) in [7, 11) is 1.57. The Morgan fingerprint density at radius 3 is 2.62 bits per heavy atom. The van der Waals surface area contributed by atoms with Crippen LogP contribution in [0.15, 0.2) is 42.5 Å². The van der Waals surface area contributed by atoms with Crippen molar-refractivity contribution in [3.8, 4) is 5.75 Å². The second-order valence-electron chi connectivity index (χ2n) is 5.03. The van der Waals surface area contributed by atoms with Crippen LogP contribution in [-0.2, 0) is 12.0 Å². The predicted molar refractivity (Wildman–Crippen MR) is 82.3 cm³/mol. The summed E-state index contributed by atoms with van der Waals surface area (Å²) in [4.78, 5) is 0. The number of methoxy groups -OCH3 is 1. The van der Waals surface area contributed by atoms with Crippen LogP contribution < -0.4 is 4.74 Å². The SMILES string of the molecule is CCC(O)(Cc1cc(Cl)ccc1OC)c1cccc(F)c1. The molecule has 112 valence electrons. The molecule has 0 spiro atoms. The standard InChI is InChI=1S/C17H18ClFO2/c1-3-17(20,13-5-4-6-15(19)10-13)11-12-9-14(18)7-8-16(12)21-2/h4-10,20H,3,11H2,1-2H3. The fourth-order valence-electron chi connectivity index (χ4n) is 2.41. The van der Waals surface area contributed by atoms with E-state index in [0.29, 0.717) is 29.2 Å². The third kappa shape index (κ3) is 3.55. The molecule has 4 heteroatoms. The van der Waals surface area contributed by atoms with Gasteiger partial charge in [0.25, 0.3) is 0 Å². The molecule has 2 aromatic carbocycles. The van der Waals surface area contributed by atoms with E-state index in [9.17, 15) is 9.50 Å². The van der Waals surface area contributed by atoms with E-state index in [4.69, 9.17) is 16.3 Å². The Kier molecular flexibility index (Phi) is 4.86. The van der Waals surface area contributed by atoms with Crippen LogP contribution >= 0.6 is 11.6 Å². The van der Waals surface area contributed by atoms with E-state index >= 15 is 0 Å². The molecule has 0 aromatic heterocycles. The number of benzene rings is 2. The first kappa shape index (κ1) is 15.8. The van der Waals surface area contributed by atoms with Gasteiger partial charge in [0, 0.05) is 11.4 Å². The molecule has 0 saturated heterocycles. The van der Waals surface area contributed by atoms with Crippen LogP contribution in [0.5, 0.6) is 5.75 Å². The van der Waals surface area contributed by atoms with Crippen molar-refractivity contribution in [3.05, 3.63) is 64.4 Å². The molecule has 0 saturated carbocycles. The molecule has 0 aliphatic carbocycles. The highest BCUT2D eigenvalue weighted by atomic mass is 35.5. The van der Waals surface area contributed by atoms with Crippen LogP contribution in [0.4, 0.5) is 4.39 Å². The fraction of sp³-hybridized carbons (Fsp3) is 0.294. The highest BCUT2D eigenvalue weighted by Gasteiger charge is 2.29. The Balaban J connectivity index is 2.40. The summed E-state index contributed by atoms with van der Waals surface area (Å²) >= 11 is 6.02. The van der Waals surface area contributed by atoms with Gasteiger partial charge >= 0.3 is 0 Å². The summed E-state index contributed by atoms with van der Waals surface area (Å²) in [6.07, 6.45) is 0.753. The molecule has 0 amide bonds. The van der Waals surface area contributed by atoms with Crippen molar-refractivity contribution in [2.24, 2.45) is 0 Å². The van der Waals surface area contributed by atoms with Gasteiger partial charge < -0.3 is 9.84 Å². The first-order chi connectivity index (χ1) is 9.98. The van der Waals surface area contributed by atoms with Crippen molar-refractivity contribution >= 4 is 11.6 Å². The van der Waals surface area contributed by atoms with Crippen LogP contribution in [0.25, 0.3) is 0 Å². The van der Waals surface area contributed by atoms with Crippen molar-refractivity contribution < 1.29 is 14.2 Å². The molecule has 0 radical (unpaired) electrons. The van der Waals surface area contributed by atoms with Gasteiger partial charge in [-0.2, -0.15) is 0 Å². The normalized spacial score (nSPS) is 13.8. The van der Waals surface area contributed by atoms with Crippen molar-refractivity contribution in [2.45, 2.75) is 25.4 Å². The average Bonchev–Trinajstić information content (AvgIpc) is 2.47. The molecule has 0 aliphatic heterocycles. The lowest BCUT2D eigenvalue weighted by atomic mass is 9.85. The predicted octanol–water partition coefficient (Wildman–Crippen LogP) is 4.33. The number of aliphatic hydroxyl groups is 1. The molecule has 0 aliphatic rings. The van der Waals surface area contributed by atoms with Gasteiger partial charge in [0.05, 0.1) is 12.7 Å². The minimum absolute atomic E-state index is 0.302. The minimum Gasteiger partial charge on any atom is -0.496 e. The molecule has 2 rings (SSSR count). The van der Waals surface area contributed by atoms with Gasteiger partial charge in [-0.25, -0.2) is 4.39 Å². The number of ether oxygens (including phenoxy) is 1. The Labute approximate surface area is 129 Å². The van der Waals surface area contributed by atoms with Gasteiger partial charge in [-0.1, -0.05) is 30.7 Å². The molecule has 2 aromatic rings. The maximum absolute atomic E-state index is 13.4. The summed E-state index contributed by atoms with van der Waals surface area (Å²) in [5.74, 6) is 0.292. The molecule has 0 bridgehead atoms. The van der Waals surface area contributed by atoms with Crippen LogP contribution in [0, 0.1) is 5.82 Å². The molecule has 0 fully saturated rings. The summed E-state index contributed by atoms with van der Waals surface area (Å²) in [5.41, 5.74) is 0.172. The lowest BCUT2D eigenvalue weighted by Crippen LogP contribution is -2.28. The zero-order valence-electron chi connectivity index (χ0n) is 12.1. The zero-order chi connectivity index (χ0) is 15.5. The highest BCUT2D eigenvalue weighted by molar-refractivity contribution is 6.30. The van der Waals surface area contributed by atoms with E-state index in [2.05, 4.69) is 0 Å². The molecule has 21 heavy (non-hydrogen) atoms. The quantitative estimate of drug-likeness (QED) is 0.891. The fourth-order valence-corrected chi connectivity index (χ4v) is 2.60. The number of hydrogen-bond acceptors (Lipinski definition) is 2. The topological polar surface area (TPSA) is 29.5 Å². The molecule has 0 heterocycles. The number of halogens is 2. The summed E-state index contributed by atoms with van der Waals surface area (Å²) in [6.45, 7) is 1.86. The van der Waals surface area contributed by atoms with Gasteiger partial charge in [0.2, 0.25) is 0 Å². The second kappa shape index (κ2) is 6.46. The molecule has 1 N–H and O–H groups in total. The third-order valence-electron chi connectivity index (χ3n) is 3.67. The zero-order valence-corrected chi connectivity index (χ0v) is 12.8. The van der Waals surface area contributed by atoms with E-state index in [1.54, 1.807) is 37.4 Å². The minimum atomic E-state index is -1.17. The highest BCUT2D eigenvalue weighted by Crippen LogP contribution is 2.34. The molecular weight excluding hydrogens is 291 g/mol. The van der Waals surface area contributed by atoms with E-state index in [1.807, 2.05) is 6.92 Å². The van der Waals surface area contributed by atoms with E-state index in [-0.39, 0.29) is 5.82 Å².